The predicted molar refractivity (Wildman–Crippen MR) is 117 cm³/mol. The van der Waals surface area contributed by atoms with Gasteiger partial charge in [-0.3, -0.25) is 4.79 Å². The van der Waals surface area contributed by atoms with Crippen LogP contribution in [0.2, 0.25) is 0 Å². The summed E-state index contributed by atoms with van der Waals surface area (Å²) in [6.45, 7) is 11.9. The molecule has 2 heterocycles. The van der Waals surface area contributed by atoms with Crippen molar-refractivity contribution in [3.05, 3.63) is 0 Å². The molecule has 0 unspecified atom stereocenters. The van der Waals surface area contributed by atoms with E-state index in [0.717, 1.165) is 38.5 Å². The van der Waals surface area contributed by atoms with E-state index in [9.17, 15) is 4.79 Å². The molecule has 2 saturated heterocycles. The minimum absolute atomic E-state index is 0.0425. The molecule has 0 aromatic rings. The molecule has 6 aliphatic rings. The molecule has 0 radical (unpaired) electrons. The van der Waals surface area contributed by atoms with Crippen molar-refractivity contribution in [3.63, 3.8) is 0 Å². The van der Waals surface area contributed by atoms with Gasteiger partial charge < -0.3 is 23.7 Å². The molecule has 6 rings (SSSR count). The Hall–Kier alpha value is -0.690. The fraction of sp³-hybridized carbons (Fsp3) is 0.962. The third-order valence-electron chi connectivity index (χ3n) is 10.5. The third kappa shape index (κ3) is 2.95. The fourth-order valence-corrected chi connectivity index (χ4v) is 9.45. The highest BCUT2D eigenvalue weighted by Crippen LogP contribution is 2.70. The van der Waals surface area contributed by atoms with Gasteiger partial charge in [-0.25, -0.2) is 0 Å². The minimum Gasteiger partial charge on any atom is -0.462 e. The summed E-state index contributed by atoms with van der Waals surface area (Å²) in [6.07, 6.45) is 7.66. The molecule has 32 heavy (non-hydrogen) atoms. The molecule has 6 fully saturated rings. The fourth-order valence-electron chi connectivity index (χ4n) is 9.45. The molecule has 0 aromatic carbocycles. The van der Waals surface area contributed by atoms with E-state index in [1.54, 1.807) is 6.92 Å². The first kappa shape index (κ1) is 21.8. The van der Waals surface area contributed by atoms with Crippen molar-refractivity contribution in [2.75, 3.05) is 13.2 Å². The Morgan fingerprint density at radius 2 is 1.56 bits per heavy atom. The van der Waals surface area contributed by atoms with Crippen LogP contribution < -0.4 is 0 Å². The zero-order chi connectivity index (χ0) is 22.5. The Labute approximate surface area is 192 Å². The van der Waals surface area contributed by atoms with Crippen molar-refractivity contribution < 1.29 is 28.5 Å². The maximum absolute atomic E-state index is 11.8. The number of carbonyl (C=O) groups is 1. The number of esters is 1. The Bertz CT molecular complexity index is 789. The summed E-state index contributed by atoms with van der Waals surface area (Å²) < 4.78 is 31.7. The monoisotopic (exact) mass is 448 g/mol. The zero-order valence-corrected chi connectivity index (χ0v) is 20.4. The maximum atomic E-state index is 11.8. The molecule has 4 aliphatic carbocycles. The van der Waals surface area contributed by atoms with E-state index in [-0.39, 0.29) is 35.1 Å². The molecule has 6 heteroatoms. The van der Waals surface area contributed by atoms with E-state index in [0.29, 0.717) is 36.9 Å². The van der Waals surface area contributed by atoms with Crippen LogP contribution in [0.15, 0.2) is 0 Å². The van der Waals surface area contributed by atoms with Gasteiger partial charge in [0.1, 0.15) is 6.10 Å². The van der Waals surface area contributed by atoms with Crippen molar-refractivity contribution in [3.8, 4) is 0 Å². The number of hydrogen-bond donors (Lipinski definition) is 0. The highest BCUT2D eigenvalue weighted by Gasteiger charge is 2.70. The quantitative estimate of drug-likeness (QED) is 0.553. The highest BCUT2D eigenvalue weighted by atomic mass is 16.8. The first-order valence-corrected chi connectivity index (χ1v) is 12.9. The Balaban J connectivity index is 1.36. The van der Waals surface area contributed by atoms with Crippen molar-refractivity contribution in [1.29, 1.82) is 0 Å². The molecular formula is C26H40O6. The zero-order valence-electron chi connectivity index (χ0n) is 20.4. The average molecular weight is 449 g/mol. The summed E-state index contributed by atoms with van der Waals surface area (Å²) in [5, 5.41) is 0. The second-order valence-corrected chi connectivity index (χ2v) is 12.5. The van der Waals surface area contributed by atoms with E-state index >= 15 is 0 Å². The number of carbonyl (C=O) groups excluding carboxylic acids is 1. The summed E-state index contributed by atoms with van der Waals surface area (Å²) in [4.78, 5) is 11.8. The van der Waals surface area contributed by atoms with Crippen LogP contribution in [0.3, 0.4) is 0 Å². The largest absolute Gasteiger partial charge is 0.462 e. The van der Waals surface area contributed by atoms with Gasteiger partial charge in [-0.2, -0.15) is 0 Å². The van der Waals surface area contributed by atoms with Crippen molar-refractivity contribution in [2.45, 2.75) is 109 Å². The topological polar surface area (TPSA) is 63.2 Å². The summed E-state index contributed by atoms with van der Waals surface area (Å²) in [5.74, 6) is 0.850. The van der Waals surface area contributed by atoms with Gasteiger partial charge in [-0.15, -0.1) is 0 Å². The van der Waals surface area contributed by atoms with Crippen LogP contribution >= 0.6 is 0 Å². The summed E-state index contributed by atoms with van der Waals surface area (Å²) in [5.41, 5.74) is 0.154. The van der Waals surface area contributed by atoms with E-state index in [1.807, 2.05) is 13.8 Å². The van der Waals surface area contributed by atoms with Gasteiger partial charge in [0.25, 0.3) is 0 Å². The van der Waals surface area contributed by atoms with Crippen LogP contribution in [0.1, 0.15) is 79.6 Å². The smallest absolute Gasteiger partial charge is 0.302 e. The summed E-state index contributed by atoms with van der Waals surface area (Å²) >= 11 is 0. The van der Waals surface area contributed by atoms with Crippen molar-refractivity contribution >= 4 is 5.97 Å². The number of hydrogen-bond acceptors (Lipinski definition) is 6. The van der Waals surface area contributed by atoms with Crippen LogP contribution in [0.4, 0.5) is 0 Å². The Morgan fingerprint density at radius 1 is 0.875 bits per heavy atom. The molecule has 0 amide bonds. The highest BCUT2D eigenvalue weighted by molar-refractivity contribution is 5.66. The molecule has 0 N–H and O–H groups in total. The van der Waals surface area contributed by atoms with Crippen molar-refractivity contribution in [2.24, 2.45) is 34.5 Å². The molecule has 9 atom stereocenters. The lowest BCUT2D eigenvalue weighted by Crippen LogP contribution is -2.65. The van der Waals surface area contributed by atoms with E-state index in [4.69, 9.17) is 23.7 Å². The molecule has 0 bridgehead atoms. The lowest BCUT2D eigenvalue weighted by molar-refractivity contribution is -0.301. The minimum atomic E-state index is -0.517. The Morgan fingerprint density at radius 3 is 2.28 bits per heavy atom. The normalized spacial score (nSPS) is 52.7. The first-order chi connectivity index (χ1) is 15.1. The van der Waals surface area contributed by atoms with Gasteiger partial charge in [-0.05, 0) is 75.5 Å². The van der Waals surface area contributed by atoms with E-state index < -0.39 is 11.6 Å². The van der Waals surface area contributed by atoms with E-state index in [2.05, 4.69) is 13.8 Å². The molecular weight excluding hydrogens is 408 g/mol. The van der Waals surface area contributed by atoms with Gasteiger partial charge in [0.15, 0.2) is 11.6 Å². The number of fused-ring (bicyclic) bond motifs is 7. The van der Waals surface area contributed by atoms with Crippen molar-refractivity contribution in [1.82, 2.24) is 0 Å². The third-order valence-corrected chi connectivity index (χ3v) is 10.5. The second kappa shape index (κ2) is 6.93. The van der Waals surface area contributed by atoms with Crippen LogP contribution in [0.25, 0.3) is 0 Å². The van der Waals surface area contributed by atoms with Crippen LogP contribution in [-0.4, -0.2) is 49.1 Å². The summed E-state index contributed by atoms with van der Waals surface area (Å²) in [6, 6.07) is 0. The molecule has 2 aliphatic heterocycles. The second-order valence-electron chi connectivity index (χ2n) is 12.5. The average Bonchev–Trinajstić information content (AvgIpc) is 3.36. The summed E-state index contributed by atoms with van der Waals surface area (Å²) in [7, 11) is 0. The molecule has 6 nitrogen and oxygen atoms in total. The van der Waals surface area contributed by atoms with Crippen LogP contribution in [0.5, 0.6) is 0 Å². The Kier molecular flexibility index (Phi) is 4.72. The van der Waals surface area contributed by atoms with Gasteiger partial charge in [-0.1, -0.05) is 13.8 Å². The SMILES string of the molecule is CC(=O)O[C@H]1CC[C@H]2[C@@H]3CC4(OCCO4)[C@H]4C[C@@H]5OC(C)(C)O[C@@H]5C[C@]4(C)[C@H]3CC[C@]12C. The van der Waals surface area contributed by atoms with Gasteiger partial charge in [0.05, 0.1) is 25.4 Å². The predicted octanol–water partition coefficient (Wildman–Crippen LogP) is 4.44. The standard InChI is InChI=1S/C26H40O6/c1-15(27)30-22-7-6-17-16-13-26(28-10-11-29-26)21-12-19-20(32-23(2,3)31-19)14-25(21,5)18(16)8-9-24(17,22)4/h16-22H,6-14H2,1-5H3/t16-,17-,18-,19-,20+,21-,22-,24-,25+/m0/s1. The maximum Gasteiger partial charge on any atom is 0.302 e. The molecule has 180 valence electrons. The van der Waals surface area contributed by atoms with Gasteiger partial charge in [0, 0.05) is 24.7 Å². The molecule has 0 aromatic heterocycles. The lowest BCUT2D eigenvalue weighted by Gasteiger charge is -2.64. The molecule has 1 spiro atoms. The van der Waals surface area contributed by atoms with Crippen LogP contribution in [0, 0.1) is 34.5 Å². The molecule has 4 saturated carbocycles. The lowest BCUT2D eigenvalue weighted by atomic mass is 9.43. The first-order valence-electron chi connectivity index (χ1n) is 12.9. The van der Waals surface area contributed by atoms with Gasteiger partial charge in [0.2, 0.25) is 0 Å². The van der Waals surface area contributed by atoms with E-state index in [1.165, 1.54) is 6.42 Å². The number of rotatable bonds is 1. The number of ether oxygens (including phenoxy) is 5. The van der Waals surface area contributed by atoms with Crippen LogP contribution in [-0.2, 0) is 28.5 Å². The van der Waals surface area contributed by atoms with Gasteiger partial charge >= 0.3 is 5.97 Å².